The lowest BCUT2D eigenvalue weighted by Gasteiger charge is -2.27. The molecule has 1 aromatic carbocycles. The molecule has 0 radical (unpaired) electrons. The van der Waals surface area contributed by atoms with E-state index >= 15 is 0 Å². The van der Waals surface area contributed by atoms with Crippen molar-refractivity contribution in [1.29, 1.82) is 0 Å². The van der Waals surface area contributed by atoms with Crippen molar-refractivity contribution >= 4 is 0 Å². The van der Waals surface area contributed by atoms with Gasteiger partial charge in [-0.3, -0.25) is 4.98 Å². The SMILES string of the molecule is COc1cccnc1C1NCCc2cc3c(cc21)OCO3. The van der Waals surface area contributed by atoms with Crippen LogP contribution in [-0.2, 0) is 6.42 Å². The second kappa shape index (κ2) is 4.93. The van der Waals surface area contributed by atoms with Gasteiger partial charge in [-0.2, -0.15) is 0 Å². The lowest BCUT2D eigenvalue weighted by atomic mass is 9.91. The molecule has 3 heterocycles. The summed E-state index contributed by atoms with van der Waals surface area (Å²) in [4.78, 5) is 4.51. The number of hydrogen-bond acceptors (Lipinski definition) is 5. The number of nitrogens with zero attached hydrogens (tertiary/aromatic N) is 1. The Hall–Kier alpha value is -2.27. The van der Waals surface area contributed by atoms with Crippen molar-refractivity contribution in [1.82, 2.24) is 10.3 Å². The van der Waals surface area contributed by atoms with Gasteiger partial charge in [-0.1, -0.05) is 0 Å². The second-order valence-electron chi connectivity index (χ2n) is 5.13. The summed E-state index contributed by atoms with van der Waals surface area (Å²) < 4.78 is 16.4. The van der Waals surface area contributed by atoms with Gasteiger partial charge in [0.25, 0.3) is 0 Å². The normalized spacial score (nSPS) is 19.2. The zero-order chi connectivity index (χ0) is 14.2. The van der Waals surface area contributed by atoms with E-state index in [2.05, 4.69) is 22.4 Å². The van der Waals surface area contributed by atoms with Gasteiger partial charge in [0.05, 0.1) is 13.2 Å². The summed E-state index contributed by atoms with van der Waals surface area (Å²) in [6.45, 7) is 1.19. The highest BCUT2D eigenvalue weighted by molar-refractivity contribution is 5.53. The van der Waals surface area contributed by atoms with E-state index in [1.165, 1.54) is 11.1 Å². The zero-order valence-electron chi connectivity index (χ0n) is 11.8. The average Bonchev–Trinajstić information content (AvgIpc) is 2.99. The summed E-state index contributed by atoms with van der Waals surface area (Å²) in [6, 6.07) is 7.97. The van der Waals surface area contributed by atoms with Crippen molar-refractivity contribution in [2.24, 2.45) is 0 Å². The van der Waals surface area contributed by atoms with Crippen LogP contribution in [0.3, 0.4) is 0 Å². The largest absolute Gasteiger partial charge is 0.495 e. The summed E-state index contributed by atoms with van der Waals surface area (Å²) in [7, 11) is 1.67. The highest BCUT2D eigenvalue weighted by Gasteiger charge is 2.28. The molecule has 2 aromatic rings. The van der Waals surface area contributed by atoms with Crippen LogP contribution in [0.5, 0.6) is 17.2 Å². The molecule has 21 heavy (non-hydrogen) atoms. The highest BCUT2D eigenvalue weighted by atomic mass is 16.7. The predicted octanol–water partition coefficient (Wildman–Crippen LogP) is 2.05. The van der Waals surface area contributed by atoms with Crippen molar-refractivity contribution in [2.45, 2.75) is 12.5 Å². The summed E-state index contributed by atoms with van der Waals surface area (Å²) >= 11 is 0. The number of rotatable bonds is 2. The minimum atomic E-state index is 0.0133. The van der Waals surface area contributed by atoms with Gasteiger partial charge in [-0.05, 0) is 41.8 Å². The number of pyridine rings is 1. The number of aromatic nitrogens is 1. The van der Waals surface area contributed by atoms with Crippen LogP contribution >= 0.6 is 0 Å². The molecule has 0 fully saturated rings. The molecular formula is C16H16N2O3. The molecule has 2 aliphatic rings. The number of hydrogen-bond donors (Lipinski definition) is 1. The topological polar surface area (TPSA) is 52.6 Å². The number of benzene rings is 1. The minimum Gasteiger partial charge on any atom is -0.495 e. The monoisotopic (exact) mass is 284 g/mol. The molecule has 0 amide bonds. The van der Waals surface area contributed by atoms with Crippen LogP contribution in [0.1, 0.15) is 22.9 Å². The maximum absolute atomic E-state index is 5.50. The minimum absolute atomic E-state index is 0.0133. The summed E-state index contributed by atoms with van der Waals surface area (Å²) in [6.07, 6.45) is 2.76. The number of fused-ring (bicyclic) bond motifs is 2. The fraction of sp³-hybridized carbons (Fsp3) is 0.312. The molecule has 5 nitrogen and oxygen atoms in total. The van der Waals surface area contributed by atoms with Crippen molar-refractivity contribution in [3.05, 3.63) is 47.3 Å². The molecule has 1 atom stereocenters. The fourth-order valence-corrected chi connectivity index (χ4v) is 2.98. The van der Waals surface area contributed by atoms with E-state index in [1.54, 1.807) is 13.3 Å². The van der Waals surface area contributed by atoms with Gasteiger partial charge in [0.1, 0.15) is 11.4 Å². The van der Waals surface area contributed by atoms with E-state index in [0.717, 1.165) is 35.9 Å². The third kappa shape index (κ3) is 2.01. The van der Waals surface area contributed by atoms with E-state index in [4.69, 9.17) is 14.2 Å². The molecule has 0 saturated carbocycles. The number of ether oxygens (including phenoxy) is 3. The highest BCUT2D eigenvalue weighted by Crippen LogP contribution is 2.40. The van der Waals surface area contributed by atoms with Gasteiger partial charge < -0.3 is 19.5 Å². The quantitative estimate of drug-likeness (QED) is 0.914. The maximum Gasteiger partial charge on any atom is 0.231 e. The molecular weight excluding hydrogens is 268 g/mol. The van der Waals surface area contributed by atoms with E-state index in [9.17, 15) is 0 Å². The van der Waals surface area contributed by atoms with Crippen LogP contribution in [0.4, 0.5) is 0 Å². The number of nitrogens with one attached hydrogen (secondary N) is 1. The van der Waals surface area contributed by atoms with Gasteiger partial charge in [0.2, 0.25) is 6.79 Å². The zero-order valence-corrected chi connectivity index (χ0v) is 11.8. The van der Waals surface area contributed by atoms with Crippen LogP contribution in [0.2, 0.25) is 0 Å². The standard InChI is InChI=1S/C16H16N2O3/c1-19-12-3-2-5-17-16(12)15-11-8-14-13(20-9-21-14)7-10(11)4-6-18-15/h2-3,5,7-8,15,18H,4,6,9H2,1H3. The average molecular weight is 284 g/mol. The molecule has 5 heteroatoms. The predicted molar refractivity (Wildman–Crippen MR) is 76.9 cm³/mol. The lowest BCUT2D eigenvalue weighted by molar-refractivity contribution is 0.174. The van der Waals surface area contributed by atoms with Crippen LogP contribution in [-0.4, -0.2) is 25.4 Å². The van der Waals surface area contributed by atoms with Crippen molar-refractivity contribution < 1.29 is 14.2 Å². The van der Waals surface area contributed by atoms with Gasteiger partial charge in [0.15, 0.2) is 11.5 Å². The first-order chi connectivity index (χ1) is 10.4. The van der Waals surface area contributed by atoms with Crippen molar-refractivity contribution in [3.63, 3.8) is 0 Å². The summed E-state index contributed by atoms with van der Waals surface area (Å²) in [5.41, 5.74) is 3.36. The Morgan fingerprint density at radius 3 is 3.00 bits per heavy atom. The Bertz CT molecular complexity index is 687. The van der Waals surface area contributed by atoms with Crippen LogP contribution in [0.25, 0.3) is 0 Å². The van der Waals surface area contributed by atoms with Crippen molar-refractivity contribution in [3.8, 4) is 17.2 Å². The van der Waals surface area contributed by atoms with Gasteiger partial charge in [0, 0.05) is 12.7 Å². The smallest absolute Gasteiger partial charge is 0.231 e. The molecule has 1 aromatic heterocycles. The molecule has 108 valence electrons. The van der Waals surface area contributed by atoms with Gasteiger partial charge in [-0.15, -0.1) is 0 Å². The van der Waals surface area contributed by atoms with Crippen LogP contribution < -0.4 is 19.5 Å². The second-order valence-corrected chi connectivity index (χ2v) is 5.13. The van der Waals surface area contributed by atoms with E-state index in [-0.39, 0.29) is 6.04 Å². The molecule has 0 saturated heterocycles. The Morgan fingerprint density at radius 1 is 1.29 bits per heavy atom. The first-order valence-corrected chi connectivity index (χ1v) is 7.01. The first-order valence-electron chi connectivity index (χ1n) is 7.01. The molecule has 2 aliphatic heterocycles. The van der Waals surface area contributed by atoms with E-state index in [0.29, 0.717) is 6.79 Å². The van der Waals surface area contributed by atoms with Crippen LogP contribution in [0, 0.1) is 0 Å². The first kappa shape index (κ1) is 12.5. The van der Waals surface area contributed by atoms with Gasteiger partial charge in [-0.25, -0.2) is 0 Å². The Morgan fingerprint density at radius 2 is 2.14 bits per heavy atom. The molecule has 1 unspecified atom stereocenters. The van der Waals surface area contributed by atoms with E-state index < -0.39 is 0 Å². The number of methoxy groups -OCH3 is 1. The Labute approximate surface area is 122 Å². The lowest BCUT2D eigenvalue weighted by Crippen LogP contribution is -2.31. The molecule has 0 spiro atoms. The Balaban J connectivity index is 1.83. The third-order valence-electron chi connectivity index (χ3n) is 3.98. The maximum atomic E-state index is 5.50. The third-order valence-corrected chi connectivity index (χ3v) is 3.98. The summed E-state index contributed by atoms with van der Waals surface area (Å²) in [5.74, 6) is 2.43. The van der Waals surface area contributed by atoms with Gasteiger partial charge >= 0.3 is 0 Å². The van der Waals surface area contributed by atoms with E-state index in [1.807, 2.05) is 12.1 Å². The van der Waals surface area contributed by atoms with Crippen molar-refractivity contribution in [2.75, 3.05) is 20.4 Å². The molecule has 0 bridgehead atoms. The summed E-state index contributed by atoms with van der Waals surface area (Å²) in [5, 5.41) is 3.52. The molecule has 4 rings (SSSR count). The Kier molecular flexibility index (Phi) is 2.93. The fourth-order valence-electron chi connectivity index (χ4n) is 2.98. The molecule has 1 N–H and O–H groups in total. The molecule has 0 aliphatic carbocycles. The van der Waals surface area contributed by atoms with Crippen LogP contribution in [0.15, 0.2) is 30.5 Å².